The van der Waals surface area contributed by atoms with Crippen LogP contribution < -0.4 is 17.4 Å². The van der Waals surface area contributed by atoms with E-state index in [1.807, 2.05) is 18.2 Å². The second-order valence-electron chi connectivity index (χ2n) is 2.74. The lowest BCUT2D eigenvalue weighted by Gasteiger charge is -1.95. The molecule has 2 aromatic rings. The minimum Gasteiger partial charge on any atom is -1.00 e. The Bertz CT molecular complexity index is 468. The number of pyridine rings is 1. The smallest absolute Gasteiger partial charge is 0.336 e. The fraction of sp³-hybridized carbons (Fsp3) is 0. The zero-order valence-electron chi connectivity index (χ0n) is 7.70. The van der Waals surface area contributed by atoms with Gasteiger partial charge in [0.2, 0.25) is 5.52 Å². The molecule has 0 aliphatic carbocycles. The summed E-state index contributed by atoms with van der Waals surface area (Å²) in [7, 11) is 0. The number of hydrogen-bond acceptors (Lipinski definition) is 1. The number of rotatable bonds is 1. The number of aromatic carboxylic acids is 1. The van der Waals surface area contributed by atoms with Gasteiger partial charge in [-0.1, -0.05) is 12.1 Å². The van der Waals surface area contributed by atoms with Crippen LogP contribution in [0.3, 0.4) is 0 Å². The van der Waals surface area contributed by atoms with E-state index in [0.717, 1.165) is 10.9 Å². The maximum atomic E-state index is 10.8. The molecule has 0 aliphatic heterocycles. The van der Waals surface area contributed by atoms with Gasteiger partial charge in [0.15, 0.2) is 6.20 Å². The maximum Gasteiger partial charge on any atom is 0.336 e. The van der Waals surface area contributed by atoms with E-state index in [9.17, 15) is 4.79 Å². The van der Waals surface area contributed by atoms with Gasteiger partial charge in [0.05, 0.1) is 10.9 Å². The molecular weight excluding hydrogens is 218 g/mol. The molecule has 2 rings (SSSR count). The van der Waals surface area contributed by atoms with E-state index in [2.05, 4.69) is 4.98 Å². The van der Waals surface area contributed by atoms with E-state index < -0.39 is 5.97 Å². The van der Waals surface area contributed by atoms with Crippen molar-refractivity contribution in [1.29, 1.82) is 0 Å². The highest BCUT2D eigenvalue weighted by molar-refractivity contribution is 6.01. The normalized spacial score (nSPS) is 8.80. The molecule has 1 aromatic heterocycles. The third kappa shape index (κ3) is 2.43. The number of carboxylic acids is 1. The van der Waals surface area contributed by atoms with Crippen LogP contribution in [-0.4, -0.2) is 16.6 Å². The van der Waals surface area contributed by atoms with Crippen molar-refractivity contribution in [3.63, 3.8) is 0 Å². The lowest BCUT2D eigenvalue weighted by Crippen LogP contribution is -3.00. The van der Waals surface area contributed by atoms with Crippen LogP contribution in [0.15, 0.2) is 36.5 Å². The van der Waals surface area contributed by atoms with Crippen LogP contribution >= 0.6 is 0 Å². The molecule has 0 aliphatic rings. The number of nitrogens with one attached hydrogen (secondary N) is 1. The topological polar surface area (TPSA) is 82.9 Å². The molecule has 0 saturated heterocycles. The number of aromatic nitrogens is 1. The highest BCUT2D eigenvalue weighted by atomic mass is 35.5. The summed E-state index contributed by atoms with van der Waals surface area (Å²) < 4.78 is 0. The van der Waals surface area contributed by atoms with E-state index in [1.165, 1.54) is 0 Å². The van der Waals surface area contributed by atoms with Crippen LogP contribution in [-0.2, 0) is 0 Å². The molecule has 4 nitrogen and oxygen atoms in total. The molecule has 5 heteroatoms. The fourth-order valence-corrected chi connectivity index (χ4v) is 1.33. The van der Waals surface area contributed by atoms with E-state index in [1.54, 1.807) is 18.3 Å². The molecular formula is C10H10ClNO3. The number of carboxylic acid groups (broad SMARTS) is 1. The Balaban J connectivity index is 0.000000980. The summed E-state index contributed by atoms with van der Waals surface area (Å²) in [5, 5.41) is 9.60. The van der Waals surface area contributed by atoms with Crippen LogP contribution in [0.25, 0.3) is 10.9 Å². The number of benzene rings is 1. The second kappa shape index (κ2) is 5.29. The van der Waals surface area contributed by atoms with Gasteiger partial charge < -0.3 is 23.0 Å². The van der Waals surface area contributed by atoms with Crippen molar-refractivity contribution < 1.29 is 32.8 Å². The standard InChI is InChI=1S/C10H7NO2.ClH.H2O/c12-10(13)8-5-6-11-9-4-2-1-3-7(8)9;;/h1-6H,(H,12,13);1H;1H2. The number of halogens is 1. The van der Waals surface area contributed by atoms with Crippen molar-refractivity contribution in [3.05, 3.63) is 42.1 Å². The van der Waals surface area contributed by atoms with Gasteiger partial charge in [0.25, 0.3) is 0 Å². The molecule has 80 valence electrons. The molecule has 0 fully saturated rings. The summed E-state index contributed by atoms with van der Waals surface area (Å²) in [5.74, 6) is -0.898. The number of hydrogen-bond donors (Lipinski definition) is 1. The van der Waals surface area contributed by atoms with E-state index in [0.29, 0.717) is 5.56 Å². The molecule has 0 saturated carbocycles. The van der Waals surface area contributed by atoms with Crippen molar-refractivity contribution in [2.45, 2.75) is 0 Å². The van der Waals surface area contributed by atoms with Crippen molar-refractivity contribution in [2.24, 2.45) is 0 Å². The van der Waals surface area contributed by atoms with Gasteiger partial charge in [-0.15, -0.1) is 0 Å². The summed E-state index contributed by atoms with van der Waals surface area (Å²) in [6.07, 6.45) is 1.63. The summed E-state index contributed by atoms with van der Waals surface area (Å²) >= 11 is 0. The van der Waals surface area contributed by atoms with Crippen molar-refractivity contribution in [3.8, 4) is 0 Å². The van der Waals surface area contributed by atoms with E-state index in [4.69, 9.17) is 5.11 Å². The second-order valence-corrected chi connectivity index (χ2v) is 2.74. The summed E-state index contributed by atoms with van der Waals surface area (Å²) in [4.78, 5) is 13.8. The largest absolute Gasteiger partial charge is 1.00 e. The van der Waals surface area contributed by atoms with Crippen LogP contribution in [0.4, 0.5) is 0 Å². The summed E-state index contributed by atoms with van der Waals surface area (Å²) in [5.41, 5.74) is 1.16. The van der Waals surface area contributed by atoms with Crippen LogP contribution in [0.5, 0.6) is 0 Å². The molecule has 0 amide bonds. The van der Waals surface area contributed by atoms with Crippen LogP contribution in [0.1, 0.15) is 10.4 Å². The van der Waals surface area contributed by atoms with Crippen molar-refractivity contribution in [1.82, 2.24) is 0 Å². The average molecular weight is 228 g/mol. The number of fused-ring (bicyclic) bond motifs is 1. The third-order valence-electron chi connectivity index (χ3n) is 1.94. The predicted octanol–water partition coefficient (Wildman–Crippen LogP) is -2.47. The van der Waals surface area contributed by atoms with Gasteiger partial charge >= 0.3 is 5.97 Å². The minimum absolute atomic E-state index is 0. The Kier molecular flexibility index (Phi) is 4.70. The lowest BCUT2D eigenvalue weighted by atomic mass is 10.1. The summed E-state index contributed by atoms with van der Waals surface area (Å²) in [6.45, 7) is 0. The minimum atomic E-state index is -0.898. The molecule has 0 spiro atoms. The first-order valence-corrected chi connectivity index (χ1v) is 3.92. The molecule has 0 atom stereocenters. The zero-order chi connectivity index (χ0) is 9.26. The number of carbonyl (C=O) groups is 1. The maximum absolute atomic E-state index is 10.8. The fourth-order valence-electron chi connectivity index (χ4n) is 1.33. The highest BCUT2D eigenvalue weighted by Gasteiger charge is 2.10. The van der Waals surface area contributed by atoms with E-state index in [-0.39, 0.29) is 17.9 Å². The first-order valence-electron chi connectivity index (χ1n) is 3.92. The Morgan fingerprint density at radius 1 is 1.20 bits per heavy atom. The van der Waals surface area contributed by atoms with Crippen LogP contribution in [0, 0.1) is 0 Å². The summed E-state index contributed by atoms with van der Waals surface area (Å²) in [6, 6.07) is 8.88. The Hall–Kier alpha value is -1.65. The van der Waals surface area contributed by atoms with Gasteiger partial charge in [0.1, 0.15) is 0 Å². The molecule has 0 unspecified atom stereocenters. The number of aromatic amines is 1. The molecule has 1 heterocycles. The quantitative estimate of drug-likeness (QED) is 0.586. The molecule has 0 bridgehead atoms. The zero-order valence-corrected chi connectivity index (χ0v) is 8.45. The van der Waals surface area contributed by atoms with Crippen molar-refractivity contribution in [2.75, 3.05) is 0 Å². The number of H-pyrrole nitrogens is 1. The SMILES string of the molecule is O.O=C(O)c1cc[nH+]c2ccccc12.[Cl-]. The monoisotopic (exact) mass is 227 g/mol. The third-order valence-corrected chi connectivity index (χ3v) is 1.94. The van der Waals surface area contributed by atoms with Gasteiger partial charge in [-0.05, 0) is 6.07 Å². The lowest BCUT2D eigenvalue weighted by molar-refractivity contribution is -0.344. The van der Waals surface area contributed by atoms with Gasteiger partial charge in [-0.2, -0.15) is 0 Å². The Morgan fingerprint density at radius 3 is 2.53 bits per heavy atom. The Labute approximate surface area is 92.3 Å². The molecule has 1 aromatic carbocycles. The van der Waals surface area contributed by atoms with E-state index >= 15 is 0 Å². The molecule has 0 radical (unpaired) electrons. The van der Waals surface area contributed by atoms with Crippen LogP contribution in [0.2, 0.25) is 0 Å². The highest BCUT2D eigenvalue weighted by Crippen LogP contribution is 2.13. The first kappa shape index (κ1) is 13.4. The number of para-hydroxylation sites is 1. The first-order chi connectivity index (χ1) is 6.29. The van der Waals surface area contributed by atoms with Gasteiger partial charge in [0, 0.05) is 12.1 Å². The predicted molar refractivity (Wildman–Crippen MR) is 51.1 cm³/mol. The molecule has 15 heavy (non-hydrogen) atoms. The molecule has 4 N–H and O–H groups in total. The van der Waals surface area contributed by atoms with Crippen molar-refractivity contribution >= 4 is 16.9 Å². The van der Waals surface area contributed by atoms with Gasteiger partial charge in [-0.25, -0.2) is 9.78 Å². The van der Waals surface area contributed by atoms with Gasteiger partial charge in [-0.3, -0.25) is 0 Å². The Morgan fingerprint density at radius 2 is 1.87 bits per heavy atom. The average Bonchev–Trinajstić information content (AvgIpc) is 2.17.